The van der Waals surface area contributed by atoms with Crippen LogP contribution >= 0.6 is 0 Å². The van der Waals surface area contributed by atoms with Gasteiger partial charge < -0.3 is 14.6 Å². The first-order chi connectivity index (χ1) is 8.20. The van der Waals surface area contributed by atoms with Crippen molar-refractivity contribution in [2.24, 2.45) is 0 Å². The lowest BCUT2D eigenvalue weighted by molar-refractivity contribution is 0.0911. The maximum absolute atomic E-state index is 12.0. The fourth-order valence-corrected chi connectivity index (χ4v) is 2.28. The molecule has 0 spiro atoms. The zero-order chi connectivity index (χ0) is 12.3. The molecule has 1 aliphatic heterocycles. The van der Waals surface area contributed by atoms with Gasteiger partial charge in [0.1, 0.15) is 5.76 Å². The number of piperidine rings is 1. The number of nitrogens with zero attached hydrogens (tertiary/aromatic N) is 1. The largest absolute Gasteiger partial charge is 0.469 e. The number of carbonyl (C=O) groups excluding carboxylic acids is 1. The Balaban J connectivity index is 1.86. The van der Waals surface area contributed by atoms with Gasteiger partial charge in [-0.1, -0.05) is 6.92 Å². The van der Waals surface area contributed by atoms with E-state index in [1.54, 1.807) is 12.3 Å². The molecule has 94 valence electrons. The van der Waals surface area contributed by atoms with Gasteiger partial charge in [-0.3, -0.25) is 4.79 Å². The molecule has 0 aliphatic carbocycles. The summed E-state index contributed by atoms with van der Waals surface area (Å²) in [6.07, 6.45) is 3.64. The van der Waals surface area contributed by atoms with E-state index in [2.05, 4.69) is 17.1 Å². The van der Waals surface area contributed by atoms with Crippen LogP contribution in [0.25, 0.3) is 0 Å². The third kappa shape index (κ3) is 2.88. The van der Waals surface area contributed by atoms with Crippen LogP contribution in [0.2, 0.25) is 0 Å². The maximum Gasteiger partial charge on any atom is 0.255 e. The number of hydrogen-bond acceptors (Lipinski definition) is 3. The number of hydrogen-bond donors (Lipinski definition) is 1. The Morgan fingerprint density at radius 1 is 1.53 bits per heavy atom. The lowest BCUT2D eigenvalue weighted by Crippen LogP contribution is -2.44. The summed E-state index contributed by atoms with van der Waals surface area (Å²) in [6.45, 7) is 7.24. The van der Waals surface area contributed by atoms with E-state index in [1.165, 1.54) is 0 Å². The van der Waals surface area contributed by atoms with Gasteiger partial charge in [-0.25, -0.2) is 0 Å². The summed E-state index contributed by atoms with van der Waals surface area (Å²) in [7, 11) is 0. The molecular formula is C13H20N2O2. The van der Waals surface area contributed by atoms with Crippen LogP contribution in [0.15, 0.2) is 16.7 Å². The molecule has 0 unspecified atom stereocenters. The average molecular weight is 236 g/mol. The van der Waals surface area contributed by atoms with Crippen molar-refractivity contribution >= 4 is 5.91 Å². The van der Waals surface area contributed by atoms with Crippen molar-refractivity contribution < 1.29 is 9.21 Å². The highest BCUT2D eigenvalue weighted by Gasteiger charge is 2.21. The Hall–Kier alpha value is -1.29. The zero-order valence-corrected chi connectivity index (χ0v) is 10.5. The number of rotatable bonds is 3. The van der Waals surface area contributed by atoms with Gasteiger partial charge in [0.2, 0.25) is 0 Å². The number of likely N-dealkylation sites (tertiary alicyclic amines) is 1. The van der Waals surface area contributed by atoms with Crippen molar-refractivity contribution in [1.29, 1.82) is 0 Å². The van der Waals surface area contributed by atoms with Gasteiger partial charge in [-0.15, -0.1) is 0 Å². The molecule has 1 saturated heterocycles. The summed E-state index contributed by atoms with van der Waals surface area (Å²) >= 11 is 0. The summed E-state index contributed by atoms with van der Waals surface area (Å²) in [5.41, 5.74) is 0.655. The van der Waals surface area contributed by atoms with Crippen LogP contribution in [0.4, 0.5) is 0 Å². The normalized spacial score (nSPS) is 18.2. The van der Waals surface area contributed by atoms with E-state index < -0.39 is 0 Å². The smallest absolute Gasteiger partial charge is 0.255 e. The zero-order valence-electron chi connectivity index (χ0n) is 10.5. The molecule has 1 aromatic rings. The molecule has 1 fully saturated rings. The van der Waals surface area contributed by atoms with Gasteiger partial charge in [-0.05, 0) is 32.4 Å². The van der Waals surface area contributed by atoms with E-state index >= 15 is 0 Å². The van der Waals surface area contributed by atoms with Gasteiger partial charge in [0.25, 0.3) is 5.91 Å². The minimum Gasteiger partial charge on any atom is -0.469 e. The fraction of sp³-hybridized carbons (Fsp3) is 0.615. The van der Waals surface area contributed by atoms with Gasteiger partial charge >= 0.3 is 0 Å². The number of carbonyl (C=O) groups is 1. The summed E-state index contributed by atoms with van der Waals surface area (Å²) in [5.74, 6) is 0.680. The SMILES string of the molecule is CCN1CCC(NC(=O)c2ccoc2C)CC1. The van der Waals surface area contributed by atoms with Gasteiger partial charge in [-0.2, -0.15) is 0 Å². The molecule has 0 bridgehead atoms. The Morgan fingerprint density at radius 2 is 2.24 bits per heavy atom. The van der Waals surface area contributed by atoms with E-state index in [1.807, 2.05) is 6.92 Å². The molecule has 1 N–H and O–H groups in total. The van der Waals surface area contributed by atoms with E-state index in [4.69, 9.17) is 4.42 Å². The van der Waals surface area contributed by atoms with Crippen LogP contribution in [0.5, 0.6) is 0 Å². The average Bonchev–Trinajstić information content (AvgIpc) is 2.76. The number of amides is 1. The summed E-state index contributed by atoms with van der Waals surface area (Å²) in [5, 5.41) is 3.08. The molecule has 17 heavy (non-hydrogen) atoms. The molecule has 0 atom stereocenters. The standard InChI is InChI=1S/C13H20N2O2/c1-3-15-7-4-11(5-8-15)14-13(16)12-6-9-17-10(12)2/h6,9,11H,3-5,7-8H2,1-2H3,(H,14,16). The van der Waals surface area contributed by atoms with E-state index in [9.17, 15) is 4.79 Å². The predicted octanol–water partition coefficient (Wildman–Crippen LogP) is 1.80. The topological polar surface area (TPSA) is 45.5 Å². The van der Waals surface area contributed by atoms with Gasteiger partial charge in [0.05, 0.1) is 11.8 Å². The van der Waals surface area contributed by atoms with Gasteiger partial charge in [0, 0.05) is 19.1 Å². The second kappa shape index (κ2) is 5.36. The van der Waals surface area contributed by atoms with E-state index in [0.717, 1.165) is 32.5 Å². The molecular weight excluding hydrogens is 216 g/mol. The minimum atomic E-state index is -0.00815. The fourth-order valence-electron chi connectivity index (χ4n) is 2.28. The molecule has 1 amide bonds. The van der Waals surface area contributed by atoms with Crippen LogP contribution in [0.1, 0.15) is 35.9 Å². The Bertz CT molecular complexity index is 379. The molecule has 1 aromatic heterocycles. The highest BCUT2D eigenvalue weighted by Crippen LogP contribution is 2.13. The van der Waals surface area contributed by atoms with Crippen molar-refractivity contribution in [2.45, 2.75) is 32.7 Å². The van der Waals surface area contributed by atoms with E-state index in [0.29, 0.717) is 17.4 Å². The first-order valence-corrected chi connectivity index (χ1v) is 6.28. The van der Waals surface area contributed by atoms with Crippen LogP contribution < -0.4 is 5.32 Å². The first kappa shape index (κ1) is 12.2. The van der Waals surface area contributed by atoms with Gasteiger partial charge in [0.15, 0.2) is 0 Å². The summed E-state index contributed by atoms with van der Waals surface area (Å²) < 4.78 is 5.14. The molecule has 2 rings (SSSR count). The maximum atomic E-state index is 12.0. The Kier molecular flexibility index (Phi) is 3.84. The van der Waals surface area contributed by atoms with Crippen molar-refractivity contribution in [3.63, 3.8) is 0 Å². The molecule has 4 nitrogen and oxygen atoms in total. The van der Waals surface area contributed by atoms with Crippen LogP contribution in [-0.4, -0.2) is 36.5 Å². The van der Waals surface area contributed by atoms with Crippen molar-refractivity contribution in [1.82, 2.24) is 10.2 Å². The Morgan fingerprint density at radius 3 is 2.76 bits per heavy atom. The number of nitrogens with one attached hydrogen (secondary N) is 1. The molecule has 0 aromatic carbocycles. The number of furan rings is 1. The third-order valence-corrected chi connectivity index (χ3v) is 3.47. The third-order valence-electron chi connectivity index (χ3n) is 3.47. The van der Waals surface area contributed by atoms with Crippen molar-refractivity contribution in [2.75, 3.05) is 19.6 Å². The second-order valence-corrected chi connectivity index (χ2v) is 4.57. The lowest BCUT2D eigenvalue weighted by Gasteiger charge is -2.31. The molecule has 4 heteroatoms. The highest BCUT2D eigenvalue weighted by molar-refractivity contribution is 5.95. The van der Waals surface area contributed by atoms with Crippen LogP contribution in [0, 0.1) is 6.92 Å². The minimum absolute atomic E-state index is 0.00815. The molecule has 1 aliphatic rings. The van der Waals surface area contributed by atoms with E-state index in [-0.39, 0.29) is 5.91 Å². The van der Waals surface area contributed by atoms with Crippen LogP contribution in [0.3, 0.4) is 0 Å². The van der Waals surface area contributed by atoms with Crippen molar-refractivity contribution in [3.05, 3.63) is 23.7 Å². The summed E-state index contributed by atoms with van der Waals surface area (Å²) in [6, 6.07) is 2.03. The monoisotopic (exact) mass is 236 g/mol. The predicted molar refractivity (Wildman–Crippen MR) is 66.0 cm³/mol. The Labute approximate surface area is 102 Å². The summed E-state index contributed by atoms with van der Waals surface area (Å²) in [4.78, 5) is 14.4. The van der Waals surface area contributed by atoms with Crippen molar-refractivity contribution in [3.8, 4) is 0 Å². The van der Waals surface area contributed by atoms with Crippen LogP contribution in [-0.2, 0) is 0 Å². The molecule has 0 saturated carbocycles. The number of aryl methyl sites for hydroxylation is 1. The highest BCUT2D eigenvalue weighted by atomic mass is 16.3. The molecule has 2 heterocycles. The first-order valence-electron chi connectivity index (χ1n) is 6.28. The lowest BCUT2D eigenvalue weighted by atomic mass is 10.0. The second-order valence-electron chi connectivity index (χ2n) is 4.57. The quantitative estimate of drug-likeness (QED) is 0.870. The molecule has 0 radical (unpaired) electrons.